The van der Waals surface area contributed by atoms with Gasteiger partial charge < -0.3 is 28.8 Å². The number of fused-ring (bicyclic) bond motifs is 3. The van der Waals surface area contributed by atoms with Crippen LogP contribution in [0.25, 0.3) is 11.0 Å². The standard InChI is InChI=1S/C33H34N6O7/c1-43-22-6-3-20(4-7-22)18-38-31(41)19-45-27-10-11-29(36-32(27)38)39-25-9-5-21(15-28(25)46-33(39)42)34-13-14-37-26-16-23(44-2)17-35-24(26)8-12-30(37)40/h3-4,6-8,10-12,16-17,21,25,28,34H,5,9,13-15,18-19H2,1-2H3. The van der Waals surface area contributed by atoms with E-state index in [2.05, 4.69) is 10.3 Å². The van der Waals surface area contributed by atoms with Gasteiger partial charge in [0.05, 0.1) is 44.0 Å². The number of nitrogens with zero attached hydrogens (tertiary/aromatic N) is 5. The number of rotatable bonds is 9. The summed E-state index contributed by atoms with van der Waals surface area (Å²) >= 11 is 0. The maximum Gasteiger partial charge on any atom is 0.416 e. The van der Waals surface area contributed by atoms with Gasteiger partial charge in [0.2, 0.25) is 0 Å². The minimum atomic E-state index is -0.461. The van der Waals surface area contributed by atoms with Crippen LogP contribution in [-0.2, 0) is 22.6 Å². The van der Waals surface area contributed by atoms with E-state index in [0.29, 0.717) is 61.1 Å². The van der Waals surface area contributed by atoms with Crippen molar-refractivity contribution in [1.82, 2.24) is 19.9 Å². The zero-order chi connectivity index (χ0) is 31.8. The van der Waals surface area contributed by atoms with Gasteiger partial charge in [-0.15, -0.1) is 0 Å². The molecule has 0 radical (unpaired) electrons. The minimum Gasteiger partial charge on any atom is -0.497 e. The zero-order valence-electron chi connectivity index (χ0n) is 25.5. The van der Waals surface area contributed by atoms with Crippen LogP contribution in [-0.4, -0.2) is 72.1 Å². The van der Waals surface area contributed by atoms with Crippen molar-refractivity contribution in [3.63, 3.8) is 0 Å². The lowest BCUT2D eigenvalue weighted by Gasteiger charge is -2.34. The van der Waals surface area contributed by atoms with E-state index in [9.17, 15) is 14.4 Å². The lowest BCUT2D eigenvalue weighted by atomic mass is 9.88. The Kier molecular flexibility index (Phi) is 7.91. The topological polar surface area (TPSA) is 137 Å². The first-order chi connectivity index (χ1) is 22.4. The summed E-state index contributed by atoms with van der Waals surface area (Å²) in [5.74, 6) is 2.36. The number of carbonyl (C=O) groups excluding carboxylic acids is 2. The number of carbonyl (C=O) groups is 2. The van der Waals surface area contributed by atoms with Gasteiger partial charge in [0, 0.05) is 37.7 Å². The summed E-state index contributed by atoms with van der Waals surface area (Å²) in [6.45, 7) is 1.22. The summed E-state index contributed by atoms with van der Waals surface area (Å²) in [6.07, 6.45) is 2.99. The van der Waals surface area contributed by atoms with Gasteiger partial charge in [-0.3, -0.25) is 24.4 Å². The van der Waals surface area contributed by atoms with Crippen molar-refractivity contribution in [3.05, 3.63) is 76.7 Å². The molecule has 7 rings (SSSR count). The number of pyridine rings is 3. The molecule has 1 N–H and O–H groups in total. The number of anilines is 2. The van der Waals surface area contributed by atoms with Crippen LogP contribution in [0.2, 0.25) is 0 Å². The Morgan fingerprint density at radius 1 is 0.978 bits per heavy atom. The average molecular weight is 627 g/mol. The van der Waals surface area contributed by atoms with Gasteiger partial charge in [0.15, 0.2) is 18.2 Å². The van der Waals surface area contributed by atoms with E-state index in [-0.39, 0.29) is 36.3 Å². The number of methoxy groups -OCH3 is 2. The Morgan fingerprint density at radius 2 is 1.80 bits per heavy atom. The number of hydrogen-bond donors (Lipinski definition) is 1. The van der Waals surface area contributed by atoms with Gasteiger partial charge in [-0.25, -0.2) is 9.78 Å². The van der Waals surface area contributed by atoms with Gasteiger partial charge in [0.25, 0.3) is 11.5 Å². The molecule has 3 unspecified atom stereocenters. The van der Waals surface area contributed by atoms with Crippen LogP contribution in [0.4, 0.5) is 16.4 Å². The van der Waals surface area contributed by atoms with Crippen LogP contribution in [0.1, 0.15) is 24.8 Å². The molecule has 2 fully saturated rings. The molecule has 2 aliphatic heterocycles. The Bertz CT molecular complexity index is 1850. The largest absolute Gasteiger partial charge is 0.497 e. The molecule has 3 atom stereocenters. The monoisotopic (exact) mass is 626 g/mol. The molecular formula is C33H34N6O7. The smallest absolute Gasteiger partial charge is 0.416 e. The number of amides is 2. The number of ether oxygens (including phenoxy) is 4. The maximum absolute atomic E-state index is 13.2. The quantitative estimate of drug-likeness (QED) is 0.295. The summed E-state index contributed by atoms with van der Waals surface area (Å²) in [5.41, 5.74) is 2.22. The SMILES string of the molecule is COc1ccc(CN2C(=O)COc3ccc(N4C(=O)OC5CC(NCCn6c(=O)ccc7ncc(OC)cc76)CCC54)nc32)cc1. The molecule has 0 spiro atoms. The van der Waals surface area contributed by atoms with E-state index in [1.807, 2.05) is 30.3 Å². The van der Waals surface area contributed by atoms with Crippen molar-refractivity contribution < 1.29 is 28.5 Å². The van der Waals surface area contributed by atoms with Crippen LogP contribution in [0.5, 0.6) is 17.2 Å². The van der Waals surface area contributed by atoms with Crippen LogP contribution in [0, 0.1) is 0 Å². The van der Waals surface area contributed by atoms with Gasteiger partial charge in [-0.05, 0) is 48.7 Å². The maximum atomic E-state index is 13.2. The molecule has 4 aromatic rings. The Morgan fingerprint density at radius 3 is 2.61 bits per heavy atom. The molecule has 46 heavy (non-hydrogen) atoms. The van der Waals surface area contributed by atoms with E-state index >= 15 is 0 Å². The first-order valence-corrected chi connectivity index (χ1v) is 15.3. The Labute approximate surface area is 264 Å². The molecule has 13 heteroatoms. The fraction of sp³-hybridized carbons (Fsp3) is 0.364. The van der Waals surface area contributed by atoms with Gasteiger partial charge in [-0.1, -0.05) is 12.1 Å². The summed E-state index contributed by atoms with van der Waals surface area (Å²) in [7, 11) is 3.17. The lowest BCUT2D eigenvalue weighted by molar-refractivity contribution is -0.121. The highest BCUT2D eigenvalue weighted by molar-refractivity contribution is 5.97. The Hall–Kier alpha value is -5.17. The molecule has 1 aliphatic carbocycles. The van der Waals surface area contributed by atoms with Crippen molar-refractivity contribution in [2.45, 2.75) is 50.5 Å². The van der Waals surface area contributed by atoms with Gasteiger partial charge >= 0.3 is 6.09 Å². The highest BCUT2D eigenvalue weighted by Crippen LogP contribution is 2.39. The first-order valence-electron chi connectivity index (χ1n) is 15.3. The molecule has 1 aromatic carbocycles. The summed E-state index contributed by atoms with van der Waals surface area (Å²) < 4.78 is 23.8. The van der Waals surface area contributed by atoms with Crippen LogP contribution < -0.4 is 34.9 Å². The lowest BCUT2D eigenvalue weighted by Crippen LogP contribution is -2.47. The van der Waals surface area contributed by atoms with Crippen molar-refractivity contribution in [2.24, 2.45) is 0 Å². The van der Waals surface area contributed by atoms with Crippen LogP contribution in [0.3, 0.4) is 0 Å². The number of nitrogens with one attached hydrogen (secondary N) is 1. The van der Waals surface area contributed by atoms with E-state index in [1.165, 1.54) is 6.07 Å². The summed E-state index contributed by atoms with van der Waals surface area (Å²) in [5, 5.41) is 3.55. The van der Waals surface area contributed by atoms with Gasteiger partial charge in [0.1, 0.15) is 23.4 Å². The molecule has 2 amide bonds. The molecular weight excluding hydrogens is 592 g/mol. The van der Waals surface area contributed by atoms with Gasteiger partial charge in [-0.2, -0.15) is 0 Å². The molecule has 5 heterocycles. The zero-order valence-corrected chi connectivity index (χ0v) is 25.5. The highest BCUT2D eigenvalue weighted by Gasteiger charge is 2.47. The third kappa shape index (κ3) is 5.58. The van der Waals surface area contributed by atoms with Crippen molar-refractivity contribution >= 4 is 34.7 Å². The van der Waals surface area contributed by atoms with Crippen LogP contribution in [0.15, 0.2) is 65.6 Å². The third-order valence-corrected chi connectivity index (χ3v) is 8.83. The van der Waals surface area contributed by atoms with Crippen molar-refractivity contribution in [2.75, 3.05) is 37.2 Å². The fourth-order valence-electron chi connectivity index (χ4n) is 6.46. The summed E-state index contributed by atoms with van der Waals surface area (Å²) in [6, 6.07) is 15.9. The van der Waals surface area contributed by atoms with E-state index < -0.39 is 6.09 Å². The second kappa shape index (κ2) is 12.3. The normalized spacial score (nSPS) is 20.6. The number of aromatic nitrogens is 3. The van der Waals surface area contributed by atoms with E-state index in [0.717, 1.165) is 23.3 Å². The second-order valence-electron chi connectivity index (χ2n) is 11.5. The van der Waals surface area contributed by atoms with E-state index in [1.54, 1.807) is 53.0 Å². The van der Waals surface area contributed by atoms with E-state index in [4.69, 9.17) is 23.9 Å². The number of hydrogen-bond acceptors (Lipinski definition) is 10. The van der Waals surface area contributed by atoms with Crippen LogP contribution >= 0.6 is 0 Å². The third-order valence-electron chi connectivity index (χ3n) is 8.83. The van der Waals surface area contributed by atoms with Crippen molar-refractivity contribution in [3.8, 4) is 17.2 Å². The average Bonchev–Trinajstić information content (AvgIpc) is 3.41. The number of benzene rings is 1. The Balaban J connectivity index is 1.03. The predicted molar refractivity (Wildman–Crippen MR) is 169 cm³/mol. The summed E-state index contributed by atoms with van der Waals surface area (Å²) in [4.78, 5) is 51.1. The molecule has 13 nitrogen and oxygen atoms in total. The molecule has 3 aliphatic rings. The minimum absolute atomic E-state index is 0.0881. The molecule has 1 saturated carbocycles. The molecule has 0 bridgehead atoms. The second-order valence-corrected chi connectivity index (χ2v) is 11.5. The predicted octanol–water partition coefficient (Wildman–Crippen LogP) is 3.27. The fourth-order valence-corrected chi connectivity index (χ4v) is 6.46. The van der Waals surface area contributed by atoms with Crippen molar-refractivity contribution in [1.29, 1.82) is 0 Å². The molecule has 1 saturated heterocycles. The molecule has 238 valence electrons. The first kappa shape index (κ1) is 29.5. The highest BCUT2D eigenvalue weighted by atomic mass is 16.6. The molecule has 3 aromatic heterocycles.